The predicted molar refractivity (Wildman–Crippen MR) is 88.6 cm³/mol. The maximum absolute atomic E-state index is 4.60. The number of nitrogens with one attached hydrogen (secondary N) is 1. The molecule has 0 spiro atoms. The molecule has 2 rings (SSSR count). The maximum atomic E-state index is 4.60. The molecule has 0 saturated carbocycles. The molecule has 0 atom stereocenters. The van der Waals surface area contributed by atoms with Crippen molar-refractivity contribution in [2.75, 3.05) is 5.43 Å². The molecule has 1 aromatic rings. The zero-order valence-corrected chi connectivity index (χ0v) is 13.7. The molecule has 1 aromatic heterocycles. The van der Waals surface area contributed by atoms with Crippen molar-refractivity contribution in [2.24, 2.45) is 5.10 Å². The van der Waals surface area contributed by atoms with E-state index in [1.54, 1.807) is 0 Å². The highest BCUT2D eigenvalue weighted by atomic mass is 15.3. The molecular weight excluding hydrogens is 260 g/mol. The van der Waals surface area contributed by atoms with Crippen molar-refractivity contribution in [3.05, 3.63) is 28.7 Å². The van der Waals surface area contributed by atoms with Crippen LogP contribution in [0.2, 0.25) is 0 Å². The van der Waals surface area contributed by atoms with E-state index in [0.717, 1.165) is 36.6 Å². The third-order valence-electron chi connectivity index (χ3n) is 3.90. The second-order valence-electron chi connectivity index (χ2n) is 5.83. The van der Waals surface area contributed by atoms with Crippen molar-refractivity contribution in [1.29, 1.82) is 0 Å². The highest BCUT2D eigenvalue weighted by molar-refractivity contribution is 6.03. The largest absolute Gasteiger partial charge is 0.261 e. The van der Waals surface area contributed by atoms with Crippen LogP contribution in [-0.2, 0) is 0 Å². The van der Waals surface area contributed by atoms with E-state index < -0.39 is 0 Å². The van der Waals surface area contributed by atoms with Gasteiger partial charge in [-0.1, -0.05) is 25.3 Å². The minimum absolute atomic E-state index is 0.777. The normalized spacial score (nSPS) is 16.9. The van der Waals surface area contributed by atoms with Gasteiger partial charge in [0.2, 0.25) is 0 Å². The number of aryl methyl sites for hydroxylation is 2. The topological polar surface area (TPSA) is 50.2 Å². The minimum atomic E-state index is 0.777. The van der Waals surface area contributed by atoms with E-state index >= 15 is 0 Å². The zero-order valence-electron chi connectivity index (χ0n) is 13.7. The summed E-state index contributed by atoms with van der Waals surface area (Å²) in [6.45, 7) is 8.36. The molecule has 0 saturated heterocycles. The minimum Gasteiger partial charge on any atom is -0.261 e. The van der Waals surface area contributed by atoms with Gasteiger partial charge in [-0.15, -0.1) is 0 Å². The lowest BCUT2D eigenvalue weighted by atomic mass is 10.0. The monoisotopic (exact) mass is 286 g/mol. The van der Waals surface area contributed by atoms with Crippen LogP contribution < -0.4 is 5.43 Å². The van der Waals surface area contributed by atoms with Gasteiger partial charge in [0.15, 0.2) is 0 Å². The number of nitrogens with zero attached hydrogens (tertiary/aromatic N) is 3. The Morgan fingerprint density at radius 3 is 2.67 bits per heavy atom. The summed E-state index contributed by atoms with van der Waals surface area (Å²) in [6.07, 6.45) is 7.15. The van der Waals surface area contributed by atoms with Gasteiger partial charge in [0.05, 0.1) is 5.71 Å². The van der Waals surface area contributed by atoms with Gasteiger partial charge in [-0.3, -0.25) is 5.43 Å². The summed E-state index contributed by atoms with van der Waals surface area (Å²) >= 11 is 0. The van der Waals surface area contributed by atoms with Gasteiger partial charge in [-0.05, 0) is 52.0 Å². The first kappa shape index (κ1) is 15.7. The smallest absolute Gasteiger partial charge is 0.150 e. The van der Waals surface area contributed by atoms with Crippen molar-refractivity contribution in [3.8, 4) is 0 Å². The quantitative estimate of drug-likeness (QED) is 0.616. The summed E-state index contributed by atoms with van der Waals surface area (Å²) in [7, 11) is 0. The Morgan fingerprint density at radius 1 is 1.14 bits per heavy atom. The molecule has 1 aliphatic carbocycles. The number of anilines is 1. The average molecular weight is 286 g/mol. The van der Waals surface area contributed by atoms with Gasteiger partial charge >= 0.3 is 0 Å². The molecule has 0 aromatic carbocycles. The van der Waals surface area contributed by atoms with Crippen molar-refractivity contribution < 1.29 is 0 Å². The fourth-order valence-electron chi connectivity index (χ4n) is 2.79. The lowest BCUT2D eigenvalue weighted by molar-refractivity contribution is 0.720. The Kier molecular flexibility index (Phi) is 5.48. The van der Waals surface area contributed by atoms with E-state index in [1.165, 1.54) is 36.1 Å². The van der Waals surface area contributed by atoms with Crippen LogP contribution in [0.1, 0.15) is 63.9 Å². The van der Waals surface area contributed by atoms with E-state index in [0.29, 0.717) is 0 Å². The predicted octanol–water partition coefficient (Wildman–Crippen LogP) is 4.55. The molecule has 1 heterocycles. The van der Waals surface area contributed by atoms with Crippen LogP contribution in [0.3, 0.4) is 0 Å². The van der Waals surface area contributed by atoms with E-state index in [9.17, 15) is 0 Å². The van der Waals surface area contributed by atoms with E-state index in [2.05, 4.69) is 34.3 Å². The van der Waals surface area contributed by atoms with Gasteiger partial charge < -0.3 is 0 Å². The number of rotatable bonds is 6. The molecule has 0 aliphatic heterocycles. The molecule has 21 heavy (non-hydrogen) atoms. The van der Waals surface area contributed by atoms with Crippen LogP contribution in [0.5, 0.6) is 0 Å². The van der Waals surface area contributed by atoms with Crippen LogP contribution in [0.25, 0.3) is 0 Å². The standard InChI is InChI=1S/C17H26N4/c1-5-6-7-8-15-12(2)9-10-16(15)20-21-17-11-13(3)18-14(4)19-17/h11H,5-10H2,1-4H3,(H,18,19,21)/b20-16+. The Balaban J connectivity index is 2.06. The number of aromatic nitrogens is 2. The molecule has 1 aliphatic rings. The third kappa shape index (κ3) is 4.38. The fourth-order valence-corrected chi connectivity index (χ4v) is 2.79. The first-order valence-corrected chi connectivity index (χ1v) is 7.94. The van der Waals surface area contributed by atoms with Crippen molar-refractivity contribution in [1.82, 2.24) is 9.97 Å². The second-order valence-corrected chi connectivity index (χ2v) is 5.83. The zero-order chi connectivity index (χ0) is 15.2. The Labute approximate surface area is 127 Å². The van der Waals surface area contributed by atoms with Crippen molar-refractivity contribution in [3.63, 3.8) is 0 Å². The molecule has 0 unspecified atom stereocenters. The molecule has 0 amide bonds. The van der Waals surface area contributed by atoms with Gasteiger partial charge in [-0.25, -0.2) is 9.97 Å². The van der Waals surface area contributed by atoms with Crippen LogP contribution in [0, 0.1) is 13.8 Å². The average Bonchev–Trinajstić information content (AvgIpc) is 2.77. The Bertz CT molecular complexity index is 538. The molecular formula is C17H26N4. The summed E-state index contributed by atoms with van der Waals surface area (Å²) in [4.78, 5) is 8.65. The van der Waals surface area contributed by atoms with Gasteiger partial charge in [0, 0.05) is 11.8 Å². The summed E-state index contributed by atoms with van der Waals surface area (Å²) in [5, 5.41) is 4.60. The second kappa shape index (κ2) is 7.34. The highest BCUT2D eigenvalue weighted by Crippen LogP contribution is 2.27. The SMILES string of the molecule is CCCCCC1=C(C)CC/C1=N\Nc1cc(C)nc(C)n1. The summed E-state index contributed by atoms with van der Waals surface area (Å²) in [5.41, 5.74) is 8.24. The number of hydrazone groups is 1. The summed E-state index contributed by atoms with van der Waals surface area (Å²) in [5.74, 6) is 1.56. The highest BCUT2D eigenvalue weighted by Gasteiger charge is 2.18. The van der Waals surface area contributed by atoms with Gasteiger partial charge in [0.1, 0.15) is 11.6 Å². The van der Waals surface area contributed by atoms with Crippen molar-refractivity contribution in [2.45, 2.75) is 66.2 Å². The van der Waals surface area contributed by atoms with Crippen LogP contribution >= 0.6 is 0 Å². The third-order valence-corrected chi connectivity index (χ3v) is 3.90. The Morgan fingerprint density at radius 2 is 1.95 bits per heavy atom. The van der Waals surface area contributed by atoms with Crippen LogP contribution in [0.4, 0.5) is 5.82 Å². The van der Waals surface area contributed by atoms with Crippen LogP contribution in [-0.4, -0.2) is 15.7 Å². The van der Waals surface area contributed by atoms with E-state index in [4.69, 9.17) is 0 Å². The Hall–Kier alpha value is -1.71. The van der Waals surface area contributed by atoms with Crippen LogP contribution in [0.15, 0.2) is 22.3 Å². The van der Waals surface area contributed by atoms with E-state index in [-0.39, 0.29) is 0 Å². The van der Waals surface area contributed by atoms with Crippen molar-refractivity contribution >= 4 is 11.5 Å². The number of unbranched alkanes of at least 4 members (excludes halogenated alkanes) is 2. The first-order chi connectivity index (χ1) is 10.1. The number of allylic oxidation sites excluding steroid dienone is 2. The number of hydrogen-bond donors (Lipinski definition) is 1. The molecule has 0 radical (unpaired) electrons. The maximum Gasteiger partial charge on any atom is 0.150 e. The molecule has 0 fully saturated rings. The van der Waals surface area contributed by atoms with Gasteiger partial charge in [0.25, 0.3) is 0 Å². The lowest BCUT2D eigenvalue weighted by Gasteiger charge is -2.07. The van der Waals surface area contributed by atoms with E-state index in [1.807, 2.05) is 19.9 Å². The molecule has 1 N–H and O–H groups in total. The fraction of sp³-hybridized carbons (Fsp3) is 0.588. The van der Waals surface area contributed by atoms with Gasteiger partial charge in [-0.2, -0.15) is 5.10 Å². The molecule has 4 heteroatoms. The summed E-state index contributed by atoms with van der Waals surface area (Å²) in [6, 6.07) is 1.93. The molecule has 114 valence electrons. The summed E-state index contributed by atoms with van der Waals surface area (Å²) < 4.78 is 0. The molecule has 4 nitrogen and oxygen atoms in total. The number of hydrogen-bond acceptors (Lipinski definition) is 4. The lowest BCUT2D eigenvalue weighted by Crippen LogP contribution is -2.04. The molecule has 0 bridgehead atoms. The first-order valence-electron chi connectivity index (χ1n) is 7.94.